The van der Waals surface area contributed by atoms with E-state index in [-0.39, 0.29) is 12.9 Å². The summed E-state index contributed by atoms with van der Waals surface area (Å²) in [5, 5.41) is 4.25. The number of fused-ring (bicyclic) bond motifs is 1. The van der Waals surface area contributed by atoms with E-state index in [2.05, 4.69) is 36.9 Å². The molecule has 2 aliphatic rings. The molecule has 4 heterocycles. The van der Waals surface area contributed by atoms with Crippen LogP contribution < -0.4 is 23.9 Å². The number of nitrogens with zero attached hydrogens (tertiary/aromatic N) is 6. The van der Waals surface area contributed by atoms with E-state index in [4.69, 9.17) is 19.0 Å². The molecular formula is C25H28N6O4. The largest absolute Gasteiger partial charge is 0.474 e. The molecule has 0 aliphatic carbocycles. The summed E-state index contributed by atoms with van der Waals surface area (Å²) in [7, 11) is 0. The molecule has 2 aliphatic heterocycles. The first kappa shape index (κ1) is 22.8. The Morgan fingerprint density at radius 2 is 1.80 bits per heavy atom. The van der Waals surface area contributed by atoms with Crippen LogP contribution in [0.3, 0.4) is 0 Å². The Bertz CT molecular complexity index is 1210. The van der Waals surface area contributed by atoms with Gasteiger partial charge >= 0.3 is 0 Å². The lowest BCUT2D eigenvalue weighted by atomic mass is 10.1. The van der Waals surface area contributed by atoms with Crippen LogP contribution in [0.1, 0.15) is 43.4 Å². The number of anilines is 1. The van der Waals surface area contributed by atoms with Gasteiger partial charge in [-0.25, -0.2) is 15.0 Å². The number of oxime groups is 1. The number of ether oxygens (including phenoxy) is 3. The lowest BCUT2D eigenvalue weighted by molar-refractivity contribution is 0.160. The SMILES string of the molecule is CCc1cnc(N2CCC(Oc3ncnc(O/N=C(/C)c4ccc5c(c4)OCO5)c3C)CC2)nc1. The molecule has 3 aromatic rings. The zero-order valence-corrected chi connectivity index (χ0v) is 20.1. The minimum atomic E-state index is 0.0430. The second-order valence-electron chi connectivity index (χ2n) is 8.49. The number of piperidine rings is 1. The van der Waals surface area contributed by atoms with Gasteiger partial charge < -0.3 is 23.9 Å². The first-order chi connectivity index (χ1) is 17.1. The fraction of sp³-hybridized carbons (Fsp3) is 0.400. The molecule has 0 radical (unpaired) electrons. The van der Waals surface area contributed by atoms with Gasteiger partial charge in [0.15, 0.2) is 11.5 Å². The lowest BCUT2D eigenvalue weighted by Gasteiger charge is -2.32. The minimum Gasteiger partial charge on any atom is -0.474 e. The van der Waals surface area contributed by atoms with Crippen molar-refractivity contribution in [2.24, 2.45) is 5.16 Å². The second kappa shape index (κ2) is 10.1. The van der Waals surface area contributed by atoms with Crippen molar-refractivity contribution in [1.82, 2.24) is 19.9 Å². The van der Waals surface area contributed by atoms with Gasteiger partial charge in [-0.15, -0.1) is 0 Å². The van der Waals surface area contributed by atoms with Gasteiger partial charge in [0, 0.05) is 43.9 Å². The highest BCUT2D eigenvalue weighted by atomic mass is 16.7. The number of hydrogen-bond acceptors (Lipinski definition) is 10. The van der Waals surface area contributed by atoms with E-state index in [1.54, 1.807) is 0 Å². The molecule has 1 fully saturated rings. The third kappa shape index (κ3) is 5.11. The van der Waals surface area contributed by atoms with Gasteiger partial charge in [-0.05, 0) is 44.0 Å². The van der Waals surface area contributed by atoms with Crippen LogP contribution in [0.4, 0.5) is 5.95 Å². The van der Waals surface area contributed by atoms with E-state index < -0.39 is 0 Å². The van der Waals surface area contributed by atoms with Crippen LogP contribution in [0.25, 0.3) is 0 Å². The molecule has 10 heteroatoms. The van der Waals surface area contributed by atoms with Crippen molar-refractivity contribution in [3.05, 3.63) is 53.6 Å². The van der Waals surface area contributed by atoms with Crippen molar-refractivity contribution in [3.63, 3.8) is 0 Å². The zero-order chi connectivity index (χ0) is 24.2. The number of aromatic nitrogens is 4. The molecule has 2 aromatic heterocycles. The summed E-state index contributed by atoms with van der Waals surface area (Å²) >= 11 is 0. The number of benzene rings is 1. The minimum absolute atomic E-state index is 0.0430. The molecule has 0 N–H and O–H groups in total. The van der Waals surface area contributed by atoms with E-state index in [1.165, 1.54) is 6.33 Å². The fourth-order valence-electron chi connectivity index (χ4n) is 3.94. The Morgan fingerprint density at radius 3 is 2.57 bits per heavy atom. The topological polar surface area (TPSA) is 104 Å². The van der Waals surface area contributed by atoms with Crippen LogP contribution in [0, 0.1) is 6.92 Å². The predicted octanol–water partition coefficient (Wildman–Crippen LogP) is 3.72. The maximum atomic E-state index is 6.21. The van der Waals surface area contributed by atoms with Gasteiger partial charge in [0.25, 0.3) is 5.88 Å². The Morgan fingerprint density at radius 1 is 1.06 bits per heavy atom. The van der Waals surface area contributed by atoms with E-state index in [0.29, 0.717) is 28.8 Å². The monoisotopic (exact) mass is 476 g/mol. The summed E-state index contributed by atoms with van der Waals surface area (Å²) < 4.78 is 17.0. The molecule has 10 nitrogen and oxygen atoms in total. The zero-order valence-electron chi connectivity index (χ0n) is 20.1. The summed E-state index contributed by atoms with van der Waals surface area (Å²) in [5.74, 6) is 3.06. The molecule has 0 spiro atoms. The maximum absolute atomic E-state index is 6.21. The van der Waals surface area contributed by atoms with Crippen molar-refractivity contribution in [2.75, 3.05) is 24.8 Å². The van der Waals surface area contributed by atoms with Crippen molar-refractivity contribution in [2.45, 2.75) is 46.1 Å². The molecule has 0 saturated carbocycles. The van der Waals surface area contributed by atoms with Gasteiger partial charge in [-0.3, -0.25) is 0 Å². The lowest BCUT2D eigenvalue weighted by Crippen LogP contribution is -2.39. The van der Waals surface area contributed by atoms with Crippen molar-refractivity contribution in [1.29, 1.82) is 0 Å². The number of aryl methyl sites for hydroxylation is 1. The Hall–Kier alpha value is -3.95. The first-order valence-corrected chi connectivity index (χ1v) is 11.8. The third-order valence-electron chi connectivity index (χ3n) is 6.15. The van der Waals surface area contributed by atoms with Gasteiger partial charge in [-0.2, -0.15) is 4.98 Å². The predicted molar refractivity (Wildman–Crippen MR) is 129 cm³/mol. The van der Waals surface area contributed by atoms with Crippen LogP contribution in [0.5, 0.6) is 23.3 Å². The molecule has 0 bridgehead atoms. The molecule has 35 heavy (non-hydrogen) atoms. The molecule has 1 saturated heterocycles. The quantitative estimate of drug-likeness (QED) is 0.373. The Kier molecular flexibility index (Phi) is 6.60. The summed E-state index contributed by atoms with van der Waals surface area (Å²) in [6, 6.07) is 5.64. The van der Waals surface area contributed by atoms with Crippen LogP contribution in [0.15, 0.2) is 42.1 Å². The van der Waals surface area contributed by atoms with Gasteiger partial charge in [0.05, 0.1) is 11.3 Å². The van der Waals surface area contributed by atoms with Gasteiger partial charge in [-0.1, -0.05) is 12.1 Å². The Labute approximate surface area is 203 Å². The summed E-state index contributed by atoms with van der Waals surface area (Å²) in [5.41, 5.74) is 3.40. The van der Waals surface area contributed by atoms with Crippen molar-refractivity contribution < 1.29 is 19.0 Å². The molecule has 0 amide bonds. The smallest absolute Gasteiger partial charge is 0.258 e. The third-order valence-corrected chi connectivity index (χ3v) is 6.15. The molecule has 5 rings (SSSR count). The normalized spacial score (nSPS) is 15.9. The Balaban J connectivity index is 1.20. The first-order valence-electron chi connectivity index (χ1n) is 11.8. The molecular weight excluding hydrogens is 448 g/mol. The van der Waals surface area contributed by atoms with Gasteiger partial charge in [0.2, 0.25) is 18.6 Å². The summed E-state index contributed by atoms with van der Waals surface area (Å²) in [4.78, 5) is 25.4. The highest BCUT2D eigenvalue weighted by Crippen LogP contribution is 2.33. The van der Waals surface area contributed by atoms with Crippen molar-refractivity contribution >= 4 is 11.7 Å². The van der Waals surface area contributed by atoms with Crippen LogP contribution >= 0.6 is 0 Å². The maximum Gasteiger partial charge on any atom is 0.258 e. The average molecular weight is 477 g/mol. The van der Waals surface area contributed by atoms with E-state index in [0.717, 1.165) is 55.2 Å². The highest BCUT2D eigenvalue weighted by Gasteiger charge is 2.24. The van der Waals surface area contributed by atoms with Crippen LogP contribution in [-0.2, 0) is 6.42 Å². The standard InChI is InChI=1S/C25H28N6O4/c1-4-18-12-26-25(27-13-18)31-9-7-20(8-10-31)34-23-16(2)24(29-14-28-23)35-30-17(3)19-5-6-21-22(11-19)33-15-32-21/h5-6,11-14,20H,4,7-10,15H2,1-3H3/b30-17-. The average Bonchev–Trinajstić information content (AvgIpc) is 3.37. The summed E-state index contributed by atoms with van der Waals surface area (Å²) in [6.45, 7) is 7.70. The number of rotatable bonds is 7. The van der Waals surface area contributed by atoms with Crippen LogP contribution in [0.2, 0.25) is 0 Å². The number of hydrogen-bond donors (Lipinski definition) is 0. The van der Waals surface area contributed by atoms with Gasteiger partial charge in [0.1, 0.15) is 12.4 Å². The molecule has 1 aromatic carbocycles. The molecule has 0 atom stereocenters. The fourth-order valence-corrected chi connectivity index (χ4v) is 3.94. The van der Waals surface area contributed by atoms with Crippen LogP contribution in [-0.4, -0.2) is 51.6 Å². The van der Waals surface area contributed by atoms with E-state index in [9.17, 15) is 0 Å². The van der Waals surface area contributed by atoms with E-state index in [1.807, 2.05) is 44.4 Å². The summed E-state index contributed by atoms with van der Waals surface area (Å²) in [6.07, 6.45) is 7.90. The van der Waals surface area contributed by atoms with Crippen molar-refractivity contribution in [3.8, 4) is 23.3 Å². The second-order valence-corrected chi connectivity index (χ2v) is 8.49. The van der Waals surface area contributed by atoms with E-state index >= 15 is 0 Å². The molecule has 182 valence electrons. The highest BCUT2D eigenvalue weighted by molar-refractivity contribution is 5.99. The molecule has 0 unspecified atom stereocenters.